The van der Waals surface area contributed by atoms with Gasteiger partial charge in [0.15, 0.2) is 0 Å². The minimum absolute atomic E-state index is 0.00741. The summed E-state index contributed by atoms with van der Waals surface area (Å²) in [5.74, 6) is 3.89. The summed E-state index contributed by atoms with van der Waals surface area (Å²) in [6, 6.07) is 54.0. The Hall–Kier alpha value is -6.06. The lowest BCUT2D eigenvalue weighted by Crippen LogP contribution is -2.57. The minimum atomic E-state index is -0.0117. The molecule has 0 aromatic heterocycles. The first-order valence-corrected chi connectivity index (χ1v) is 20.8. The van der Waals surface area contributed by atoms with Crippen molar-refractivity contribution in [1.82, 2.24) is 0 Å². The molecule has 8 aromatic rings. The lowest BCUT2D eigenvalue weighted by molar-refractivity contribution is 0.461. The van der Waals surface area contributed by atoms with E-state index < -0.39 is 0 Å². The number of fused-ring (bicyclic) bond motifs is 6. The molecule has 10 rings (SSSR count). The van der Waals surface area contributed by atoms with Crippen molar-refractivity contribution in [2.24, 2.45) is 0 Å². The molecule has 2 nitrogen and oxygen atoms in total. The van der Waals surface area contributed by atoms with Crippen LogP contribution in [0.4, 0.5) is 0 Å². The van der Waals surface area contributed by atoms with Crippen LogP contribution in [0.2, 0.25) is 0 Å². The fourth-order valence-electron chi connectivity index (χ4n) is 9.24. The first kappa shape index (κ1) is 36.3. The van der Waals surface area contributed by atoms with Crippen molar-refractivity contribution in [3.8, 4) is 56.4 Å². The highest BCUT2D eigenvalue weighted by Crippen LogP contribution is 2.46. The molecule has 0 saturated heterocycles. The van der Waals surface area contributed by atoms with E-state index in [2.05, 4.69) is 201 Å². The van der Waals surface area contributed by atoms with Crippen LogP contribution in [-0.4, -0.2) is 6.71 Å². The molecular weight excluding hydrogens is 703 g/mol. The molecule has 0 atom stereocenters. The van der Waals surface area contributed by atoms with Gasteiger partial charge in [-0.05, 0) is 130 Å². The SMILES string of the molecule is CC(C)c1cc(-c2cc3c4c(c2)Oc2cc(C(C)(C)C)ccc2B4c2ccc(C(C)(C)C)cc2O3)cc(-c2c3ccccc3c(-c3ccccc3)c3ccccc23)c1. The number of rotatable bonds is 4. The molecule has 0 bridgehead atoms. The van der Waals surface area contributed by atoms with Crippen LogP contribution in [-0.2, 0) is 10.8 Å². The highest BCUT2D eigenvalue weighted by Gasteiger charge is 2.41. The van der Waals surface area contributed by atoms with Crippen LogP contribution in [0.5, 0.6) is 23.0 Å². The Morgan fingerprint density at radius 2 is 0.845 bits per heavy atom. The molecule has 284 valence electrons. The van der Waals surface area contributed by atoms with E-state index in [1.807, 2.05) is 0 Å². The molecule has 8 aromatic carbocycles. The van der Waals surface area contributed by atoms with Gasteiger partial charge in [0.2, 0.25) is 0 Å². The van der Waals surface area contributed by atoms with E-state index in [4.69, 9.17) is 9.47 Å². The van der Waals surface area contributed by atoms with Gasteiger partial charge in [0.25, 0.3) is 6.71 Å². The van der Waals surface area contributed by atoms with E-state index in [0.717, 1.165) is 39.6 Å². The van der Waals surface area contributed by atoms with Gasteiger partial charge in [-0.3, -0.25) is 0 Å². The van der Waals surface area contributed by atoms with Crippen LogP contribution in [0, 0.1) is 0 Å². The topological polar surface area (TPSA) is 18.5 Å². The Kier molecular flexibility index (Phi) is 8.29. The van der Waals surface area contributed by atoms with Gasteiger partial charge in [0.1, 0.15) is 23.0 Å². The Morgan fingerprint density at radius 1 is 0.414 bits per heavy atom. The summed E-state index contributed by atoms with van der Waals surface area (Å²) in [5, 5.41) is 5.01. The standard InChI is InChI=1S/C55H49BO2/c1-33(2)35-26-36(28-38(27-35)52-43-20-14-12-18-41(43)51(34-16-10-9-11-17-34)42-19-13-15-21-44(42)52)37-29-49-53-50(30-37)58-48-32-40(55(6,7)8)23-25-46(48)56(53)45-24-22-39(54(3,4)5)31-47(45)57-49/h9-33H,1-8H3. The van der Waals surface area contributed by atoms with Gasteiger partial charge in [0.05, 0.1) is 0 Å². The third-order valence-corrected chi connectivity index (χ3v) is 12.5. The van der Waals surface area contributed by atoms with Crippen molar-refractivity contribution in [3.05, 3.63) is 162 Å². The van der Waals surface area contributed by atoms with Crippen molar-refractivity contribution in [3.63, 3.8) is 0 Å². The summed E-state index contributed by atoms with van der Waals surface area (Å²) in [5.41, 5.74) is 14.5. The second-order valence-electron chi connectivity index (χ2n) is 18.7. The minimum Gasteiger partial charge on any atom is -0.458 e. The van der Waals surface area contributed by atoms with Crippen LogP contribution in [0.25, 0.3) is 54.9 Å². The van der Waals surface area contributed by atoms with Crippen molar-refractivity contribution in [2.45, 2.75) is 72.1 Å². The Labute approximate surface area is 343 Å². The largest absolute Gasteiger partial charge is 0.458 e. The van der Waals surface area contributed by atoms with Crippen molar-refractivity contribution in [1.29, 1.82) is 0 Å². The maximum absolute atomic E-state index is 7.00. The molecule has 0 unspecified atom stereocenters. The highest BCUT2D eigenvalue weighted by atomic mass is 16.5. The van der Waals surface area contributed by atoms with E-state index in [1.54, 1.807) is 0 Å². The monoisotopic (exact) mass is 752 g/mol. The van der Waals surface area contributed by atoms with Crippen LogP contribution < -0.4 is 25.9 Å². The number of benzene rings is 8. The molecule has 0 spiro atoms. The predicted octanol–water partition coefficient (Wildman–Crippen LogP) is 13.4. The molecule has 58 heavy (non-hydrogen) atoms. The van der Waals surface area contributed by atoms with E-state index in [1.165, 1.54) is 71.4 Å². The van der Waals surface area contributed by atoms with Gasteiger partial charge in [-0.2, -0.15) is 0 Å². The molecule has 0 amide bonds. The quantitative estimate of drug-likeness (QED) is 0.132. The molecule has 0 radical (unpaired) electrons. The lowest BCUT2D eigenvalue weighted by Gasteiger charge is -2.35. The van der Waals surface area contributed by atoms with Gasteiger partial charge >= 0.3 is 0 Å². The Morgan fingerprint density at radius 3 is 1.31 bits per heavy atom. The smallest absolute Gasteiger partial charge is 0.260 e. The maximum Gasteiger partial charge on any atom is 0.260 e. The van der Waals surface area contributed by atoms with E-state index >= 15 is 0 Å². The third kappa shape index (κ3) is 5.94. The average molecular weight is 753 g/mol. The van der Waals surface area contributed by atoms with Gasteiger partial charge in [-0.25, -0.2) is 0 Å². The number of ether oxygens (including phenoxy) is 2. The Balaban J connectivity index is 1.21. The fourth-order valence-corrected chi connectivity index (χ4v) is 9.24. The van der Waals surface area contributed by atoms with Crippen LogP contribution >= 0.6 is 0 Å². The van der Waals surface area contributed by atoms with Gasteiger partial charge in [-0.15, -0.1) is 0 Å². The van der Waals surface area contributed by atoms with Crippen LogP contribution in [0.3, 0.4) is 0 Å². The molecule has 0 aliphatic carbocycles. The summed E-state index contributed by atoms with van der Waals surface area (Å²) in [7, 11) is 0. The lowest BCUT2D eigenvalue weighted by atomic mass is 9.34. The number of hydrogen-bond acceptors (Lipinski definition) is 2. The van der Waals surface area contributed by atoms with Crippen molar-refractivity contribution in [2.75, 3.05) is 0 Å². The first-order chi connectivity index (χ1) is 27.8. The van der Waals surface area contributed by atoms with Crippen molar-refractivity contribution >= 4 is 44.6 Å². The molecule has 2 aliphatic rings. The summed E-state index contributed by atoms with van der Waals surface area (Å²) >= 11 is 0. The molecular formula is C55H49BO2. The third-order valence-electron chi connectivity index (χ3n) is 12.5. The summed E-state index contributed by atoms with van der Waals surface area (Å²) < 4.78 is 14.0. The van der Waals surface area contributed by atoms with E-state index in [-0.39, 0.29) is 17.5 Å². The van der Waals surface area contributed by atoms with Gasteiger partial charge in [-0.1, -0.05) is 171 Å². The van der Waals surface area contributed by atoms with E-state index in [0.29, 0.717) is 5.92 Å². The molecule has 2 aliphatic heterocycles. The maximum atomic E-state index is 7.00. The van der Waals surface area contributed by atoms with E-state index in [9.17, 15) is 0 Å². The molecule has 0 saturated carbocycles. The number of hydrogen-bond donors (Lipinski definition) is 0. The Bertz CT molecular complexity index is 2800. The molecule has 0 fully saturated rings. The average Bonchev–Trinajstić information content (AvgIpc) is 3.21. The summed E-state index contributed by atoms with van der Waals surface area (Å²) in [6.07, 6.45) is 0. The van der Waals surface area contributed by atoms with Gasteiger partial charge < -0.3 is 9.47 Å². The zero-order chi connectivity index (χ0) is 40.1. The fraction of sp³-hybridized carbons (Fsp3) is 0.200. The predicted molar refractivity (Wildman–Crippen MR) is 247 cm³/mol. The zero-order valence-corrected chi connectivity index (χ0v) is 34.8. The van der Waals surface area contributed by atoms with Crippen LogP contribution in [0.1, 0.15) is 78.0 Å². The summed E-state index contributed by atoms with van der Waals surface area (Å²) in [4.78, 5) is 0. The molecule has 2 heterocycles. The summed E-state index contributed by atoms with van der Waals surface area (Å²) in [6.45, 7) is 18.2. The second-order valence-corrected chi connectivity index (χ2v) is 18.7. The highest BCUT2D eigenvalue weighted by molar-refractivity contribution is 6.98. The van der Waals surface area contributed by atoms with Crippen molar-refractivity contribution < 1.29 is 9.47 Å². The second kappa shape index (κ2) is 13.2. The van der Waals surface area contributed by atoms with Crippen LogP contribution in [0.15, 0.2) is 146 Å². The normalized spacial score (nSPS) is 13.2. The molecule has 0 N–H and O–H groups in total. The zero-order valence-electron chi connectivity index (χ0n) is 34.8. The first-order valence-electron chi connectivity index (χ1n) is 20.8. The molecule has 3 heteroatoms. The van der Waals surface area contributed by atoms with Gasteiger partial charge in [0, 0.05) is 5.46 Å².